The minimum atomic E-state index is -4.83. The molecule has 28 heavy (non-hydrogen) atoms. The van der Waals surface area contributed by atoms with Gasteiger partial charge in [-0.3, -0.25) is 19.3 Å². The van der Waals surface area contributed by atoms with E-state index in [9.17, 15) is 27.6 Å². The fourth-order valence-corrected chi connectivity index (χ4v) is 3.82. The van der Waals surface area contributed by atoms with E-state index in [1.54, 1.807) is 0 Å². The Morgan fingerprint density at radius 2 is 1.71 bits per heavy atom. The number of carbonyl (C=O) groups is 3. The number of nitrogens with zero attached hydrogens (tertiary/aromatic N) is 1. The number of carbonyl (C=O) groups excluding carboxylic acids is 3. The molecule has 1 N–H and O–H groups in total. The number of benzene rings is 1. The van der Waals surface area contributed by atoms with E-state index in [-0.39, 0.29) is 54.5 Å². The van der Waals surface area contributed by atoms with E-state index < -0.39 is 12.3 Å². The first-order chi connectivity index (χ1) is 13.3. The lowest BCUT2D eigenvalue weighted by atomic mass is 9.81. The largest absolute Gasteiger partial charge is 0.573 e. The van der Waals surface area contributed by atoms with Crippen LogP contribution in [0.15, 0.2) is 24.3 Å². The van der Waals surface area contributed by atoms with Gasteiger partial charge in [-0.25, -0.2) is 0 Å². The average molecular weight is 398 g/mol. The first-order valence-corrected chi connectivity index (χ1v) is 9.22. The van der Waals surface area contributed by atoms with Crippen LogP contribution >= 0.6 is 0 Å². The van der Waals surface area contributed by atoms with Gasteiger partial charge in [-0.15, -0.1) is 13.2 Å². The molecule has 0 spiro atoms. The predicted molar refractivity (Wildman–Crippen MR) is 91.8 cm³/mol. The number of imide groups is 1. The van der Waals surface area contributed by atoms with Gasteiger partial charge >= 0.3 is 6.36 Å². The van der Waals surface area contributed by atoms with Crippen LogP contribution in [-0.2, 0) is 20.9 Å². The minimum absolute atomic E-state index is 0.0167. The number of hydrogen-bond donors (Lipinski definition) is 1. The number of rotatable bonds is 6. The third kappa shape index (κ3) is 4.63. The third-order valence-electron chi connectivity index (χ3n) is 5.17. The first kappa shape index (κ1) is 20.2. The van der Waals surface area contributed by atoms with Crippen LogP contribution in [0, 0.1) is 11.8 Å². The number of ether oxygens (including phenoxy) is 1. The molecule has 1 aliphatic carbocycles. The zero-order valence-electron chi connectivity index (χ0n) is 15.1. The average Bonchev–Trinajstić information content (AvgIpc) is 2.89. The van der Waals surface area contributed by atoms with Crippen molar-refractivity contribution in [1.29, 1.82) is 0 Å². The van der Waals surface area contributed by atoms with Crippen molar-refractivity contribution in [1.82, 2.24) is 10.2 Å². The Morgan fingerprint density at radius 3 is 2.32 bits per heavy atom. The second kappa shape index (κ2) is 8.20. The highest BCUT2D eigenvalue weighted by atomic mass is 19.4. The van der Waals surface area contributed by atoms with Crippen LogP contribution in [0.4, 0.5) is 13.2 Å². The van der Waals surface area contributed by atoms with Crippen LogP contribution in [0.3, 0.4) is 0 Å². The molecule has 6 nitrogen and oxygen atoms in total. The quantitative estimate of drug-likeness (QED) is 0.748. The van der Waals surface area contributed by atoms with E-state index in [2.05, 4.69) is 10.1 Å². The number of alkyl halides is 3. The summed E-state index contributed by atoms with van der Waals surface area (Å²) in [5.41, 5.74) is 0.174. The lowest BCUT2D eigenvalue weighted by Gasteiger charge is -2.19. The number of halogens is 3. The lowest BCUT2D eigenvalue weighted by molar-refractivity contribution is -0.274. The second-order valence-electron chi connectivity index (χ2n) is 7.01. The summed E-state index contributed by atoms with van der Waals surface area (Å²) in [5.74, 6) is -1.81. The van der Waals surface area contributed by atoms with Gasteiger partial charge in [-0.2, -0.15) is 0 Å². The Bertz CT molecular complexity index is 742. The van der Waals surface area contributed by atoms with Gasteiger partial charge in [0.1, 0.15) is 5.75 Å². The molecular formula is C19H21F3N2O4. The molecule has 1 saturated carbocycles. The summed E-state index contributed by atoms with van der Waals surface area (Å²) in [5, 5.41) is 2.51. The van der Waals surface area contributed by atoms with Gasteiger partial charge in [0, 0.05) is 25.1 Å². The Hall–Kier alpha value is -2.58. The van der Waals surface area contributed by atoms with E-state index >= 15 is 0 Å². The molecule has 0 radical (unpaired) electrons. The molecule has 1 aliphatic heterocycles. The highest BCUT2D eigenvalue weighted by molar-refractivity contribution is 6.05. The van der Waals surface area contributed by atoms with Crippen LogP contribution < -0.4 is 10.1 Å². The van der Waals surface area contributed by atoms with Gasteiger partial charge in [0.25, 0.3) is 0 Å². The summed E-state index contributed by atoms with van der Waals surface area (Å²) in [6, 6.07) is 5.52. The van der Waals surface area contributed by atoms with Gasteiger partial charge in [-0.1, -0.05) is 31.0 Å². The second-order valence-corrected chi connectivity index (χ2v) is 7.01. The number of amides is 3. The predicted octanol–water partition coefficient (Wildman–Crippen LogP) is 2.77. The standard InChI is InChI=1S/C19H21F3N2O4/c20-19(21,22)28-15-8-4-1-5-12(15)11-23-16(25)9-10-24-17(26)13-6-2-3-7-14(13)18(24)27/h1,4-5,8,13-14H,2-3,6-7,9-11H2,(H,23,25). The number of likely N-dealkylation sites (tertiary alicyclic amines) is 1. The van der Waals surface area contributed by atoms with Crippen LogP contribution in [0.5, 0.6) is 5.75 Å². The zero-order chi connectivity index (χ0) is 20.3. The summed E-state index contributed by atoms with van der Waals surface area (Å²) in [4.78, 5) is 38.0. The summed E-state index contributed by atoms with van der Waals surface area (Å²) >= 11 is 0. The molecule has 2 atom stereocenters. The van der Waals surface area contributed by atoms with E-state index in [1.807, 2.05) is 0 Å². The summed E-state index contributed by atoms with van der Waals surface area (Å²) in [6.07, 6.45) is -1.67. The maximum Gasteiger partial charge on any atom is 0.573 e. The normalized spacial score (nSPS) is 22.2. The van der Waals surface area contributed by atoms with Crippen LogP contribution in [0.25, 0.3) is 0 Å². The molecule has 1 saturated heterocycles. The summed E-state index contributed by atoms with van der Waals surface area (Å²) in [7, 11) is 0. The van der Waals surface area contributed by atoms with Crippen LogP contribution in [-0.4, -0.2) is 35.5 Å². The van der Waals surface area contributed by atoms with Crippen molar-refractivity contribution in [3.63, 3.8) is 0 Å². The molecule has 0 bridgehead atoms. The van der Waals surface area contributed by atoms with Gasteiger partial charge in [-0.05, 0) is 18.9 Å². The van der Waals surface area contributed by atoms with Gasteiger partial charge in [0.2, 0.25) is 17.7 Å². The monoisotopic (exact) mass is 398 g/mol. The fraction of sp³-hybridized carbons (Fsp3) is 0.526. The third-order valence-corrected chi connectivity index (χ3v) is 5.17. The highest BCUT2D eigenvalue weighted by Crippen LogP contribution is 2.38. The number of fused-ring (bicyclic) bond motifs is 1. The fourth-order valence-electron chi connectivity index (χ4n) is 3.82. The Morgan fingerprint density at radius 1 is 1.11 bits per heavy atom. The highest BCUT2D eigenvalue weighted by Gasteiger charge is 2.47. The molecule has 1 aromatic carbocycles. The number of hydrogen-bond acceptors (Lipinski definition) is 4. The van der Waals surface area contributed by atoms with Gasteiger partial charge in [0.15, 0.2) is 0 Å². The van der Waals surface area contributed by atoms with Crippen molar-refractivity contribution in [3.05, 3.63) is 29.8 Å². The van der Waals surface area contributed by atoms with E-state index in [4.69, 9.17) is 0 Å². The molecular weight excluding hydrogens is 377 g/mol. The molecule has 152 valence electrons. The van der Waals surface area contributed by atoms with Crippen LogP contribution in [0.1, 0.15) is 37.7 Å². The molecule has 1 heterocycles. The first-order valence-electron chi connectivity index (χ1n) is 9.22. The zero-order valence-corrected chi connectivity index (χ0v) is 15.1. The molecule has 2 fully saturated rings. The smallest absolute Gasteiger partial charge is 0.405 e. The molecule has 1 aromatic rings. The summed E-state index contributed by atoms with van der Waals surface area (Å²) in [6.45, 7) is -0.171. The van der Waals surface area contributed by atoms with Crippen molar-refractivity contribution in [2.24, 2.45) is 11.8 Å². The van der Waals surface area contributed by atoms with Crippen molar-refractivity contribution >= 4 is 17.7 Å². The molecule has 2 aliphatic rings. The Kier molecular flexibility index (Phi) is 5.90. The molecule has 3 amide bonds. The number of nitrogens with one attached hydrogen (secondary N) is 1. The SMILES string of the molecule is O=C(CCN1C(=O)C2CCCCC2C1=O)NCc1ccccc1OC(F)(F)F. The lowest BCUT2D eigenvalue weighted by Crippen LogP contribution is -2.35. The van der Waals surface area contributed by atoms with Crippen molar-refractivity contribution in [3.8, 4) is 5.75 Å². The summed E-state index contributed by atoms with van der Waals surface area (Å²) < 4.78 is 41.2. The minimum Gasteiger partial charge on any atom is -0.405 e. The molecule has 0 aromatic heterocycles. The number of para-hydroxylation sites is 1. The van der Waals surface area contributed by atoms with Gasteiger partial charge in [0.05, 0.1) is 11.8 Å². The maximum absolute atomic E-state index is 12.4. The van der Waals surface area contributed by atoms with Gasteiger partial charge < -0.3 is 10.1 Å². The van der Waals surface area contributed by atoms with E-state index in [1.165, 1.54) is 18.2 Å². The van der Waals surface area contributed by atoms with Crippen molar-refractivity contribution < 1.29 is 32.3 Å². The van der Waals surface area contributed by atoms with Crippen molar-refractivity contribution in [2.75, 3.05) is 6.54 Å². The molecule has 3 rings (SSSR count). The Labute approximate surface area is 160 Å². The van der Waals surface area contributed by atoms with E-state index in [0.717, 1.165) is 23.8 Å². The van der Waals surface area contributed by atoms with Crippen LogP contribution in [0.2, 0.25) is 0 Å². The Balaban J connectivity index is 1.52. The molecule has 2 unspecified atom stereocenters. The van der Waals surface area contributed by atoms with Crippen molar-refractivity contribution in [2.45, 2.75) is 45.0 Å². The van der Waals surface area contributed by atoms with E-state index in [0.29, 0.717) is 12.8 Å². The maximum atomic E-state index is 12.4. The molecule has 9 heteroatoms. The topological polar surface area (TPSA) is 75.7 Å².